The molecule has 0 aliphatic rings. The van der Waals surface area contributed by atoms with Crippen LogP contribution in [-0.2, 0) is 11.2 Å². The molecule has 0 aliphatic carbocycles. The van der Waals surface area contributed by atoms with E-state index in [1.165, 1.54) is 12.1 Å². The third-order valence-electron chi connectivity index (χ3n) is 3.55. The summed E-state index contributed by atoms with van der Waals surface area (Å²) in [6.07, 6.45) is 3.36. The third-order valence-corrected chi connectivity index (χ3v) is 3.78. The van der Waals surface area contributed by atoms with E-state index in [0.717, 1.165) is 16.5 Å². The topological polar surface area (TPSA) is 42.0 Å². The standard InChI is InChI=1S/C18H14ClFN2O/c1-11-5-15(20)8-13-9-21-10-16(18(11)13)22-17(23)7-12-3-2-4-14(19)6-12/h2-6,8-10H,7H2,1H3,(H,22,23). The molecule has 3 nitrogen and oxygen atoms in total. The van der Waals surface area contributed by atoms with Crippen molar-refractivity contribution in [3.8, 4) is 0 Å². The Morgan fingerprint density at radius 3 is 2.87 bits per heavy atom. The number of hydrogen-bond acceptors (Lipinski definition) is 2. The Hall–Kier alpha value is -2.46. The maximum absolute atomic E-state index is 13.5. The Bertz CT molecular complexity index is 895. The molecule has 3 rings (SSSR count). The van der Waals surface area contributed by atoms with Gasteiger partial charge < -0.3 is 5.32 Å². The molecule has 2 aromatic carbocycles. The molecule has 0 radical (unpaired) electrons. The van der Waals surface area contributed by atoms with Crippen molar-refractivity contribution in [3.05, 3.63) is 70.8 Å². The van der Waals surface area contributed by atoms with Gasteiger partial charge in [0.25, 0.3) is 0 Å². The lowest BCUT2D eigenvalue weighted by molar-refractivity contribution is -0.115. The Labute approximate surface area is 138 Å². The molecule has 0 aliphatic heterocycles. The minimum absolute atomic E-state index is 0.176. The molecule has 1 N–H and O–H groups in total. The highest BCUT2D eigenvalue weighted by molar-refractivity contribution is 6.30. The lowest BCUT2D eigenvalue weighted by atomic mass is 10.1. The average molecular weight is 329 g/mol. The van der Waals surface area contributed by atoms with Crippen LogP contribution < -0.4 is 5.32 Å². The van der Waals surface area contributed by atoms with Gasteiger partial charge in [0, 0.05) is 22.0 Å². The first kappa shape index (κ1) is 15.4. The van der Waals surface area contributed by atoms with Crippen molar-refractivity contribution in [3.63, 3.8) is 0 Å². The highest BCUT2D eigenvalue weighted by Crippen LogP contribution is 2.27. The Kier molecular flexibility index (Phi) is 4.26. The summed E-state index contributed by atoms with van der Waals surface area (Å²) in [5.74, 6) is -0.496. The summed E-state index contributed by atoms with van der Waals surface area (Å²) in [4.78, 5) is 16.3. The minimum atomic E-state index is -0.320. The number of pyridine rings is 1. The average Bonchev–Trinajstić information content (AvgIpc) is 2.46. The second-order valence-electron chi connectivity index (χ2n) is 5.36. The van der Waals surface area contributed by atoms with Gasteiger partial charge >= 0.3 is 0 Å². The molecular weight excluding hydrogens is 315 g/mol. The van der Waals surface area contributed by atoms with Crippen molar-refractivity contribution < 1.29 is 9.18 Å². The normalized spacial score (nSPS) is 10.7. The van der Waals surface area contributed by atoms with Crippen LogP contribution in [0.2, 0.25) is 5.02 Å². The molecule has 0 bridgehead atoms. The van der Waals surface area contributed by atoms with Crippen molar-refractivity contribution in [2.45, 2.75) is 13.3 Å². The SMILES string of the molecule is Cc1cc(F)cc2cncc(NC(=O)Cc3cccc(Cl)c3)c12. The number of amides is 1. The van der Waals surface area contributed by atoms with Crippen LogP contribution in [0.3, 0.4) is 0 Å². The van der Waals surface area contributed by atoms with Gasteiger partial charge in [0.1, 0.15) is 5.82 Å². The van der Waals surface area contributed by atoms with Crippen molar-refractivity contribution in [1.82, 2.24) is 4.98 Å². The number of nitrogens with zero attached hydrogens (tertiary/aromatic N) is 1. The first-order valence-electron chi connectivity index (χ1n) is 7.11. The van der Waals surface area contributed by atoms with Gasteiger partial charge in [0.05, 0.1) is 18.3 Å². The van der Waals surface area contributed by atoms with E-state index in [1.54, 1.807) is 37.5 Å². The predicted octanol–water partition coefficient (Wildman–Crippen LogP) is 4.52. The third kappa shape index (κ3) is 3.48. The van der Waals surface area contributed by atoms with Crippen LogP contribution >= 0.6 is 11.6 Å². The number of carbonyl (C=O) groups excluding carboxylic acids is 1. The van der Waals surface area contributed by atoms with Gasteiger partial charge in [-0.05, 0) is 42.3 Å². The Morgan fingerprint density at radius 2 is 2.09 bits per heavy atom. The van der Waals surface area contributed by atoms with Crippen LogP contribution in [0.1, 0.15) is 11.1 Å². The second-order valence-corrected chi connectivity index (χ2v) is 5.80. The summed E-state index contributed by atoms with van der Waals surface area (Å²) in [6, 6.07) is 10.0. The van der Waals surface area contributed by atoms with Crippen molar-refractivity contribution in [2.24, 2.45) is 0 Å². The number of hydrogen-bond donors (Lipinski definition) is 1. The van der Waals surface area contributed by atoms with Gasteiger partial charge in [-0.3, -0.25) is 9.78 Å². The van der Waals surface area contributed by atoms with Crippen LogP contribution in [-0.4, -0.2) is 10.9 Å². The monoisotopic (exact) mass is 328 g/mol. The maximum atomic E-state index is 13.5. The highest BCUT2D eigenvalue weighted by atomic mass is 35.5. The molecule has 0 atom stereocenters. The van der Waals surface area contributed by atoms with Crippen LogP contribution in [0.15, 0.2) is 48.8 Å². The number of aryl methyl sites for hydroxylation is 1. The van der Waals surface area contributed by atoms with Gasteiger partial charge in [0.2, 0.25) is 5.91 Å². The van der Waals surface area contributed by atoms with Crippen LogP contribution in [0.4, 0.5) is 10.1 Å². The van der Waals surface area contributed by atoms with E-state index in [-0.39, 0.29) is 18.1 Å². The zero-order valence-electron chi connectivity index (χ0n) is 12.4. The lowest BCUT2D eigenvalue weighted by Crippen LogP contribution is -2.15. The number of fused-ring (bicyclic) bond motifs is 1. The number of halogens is 2. The summed E-state index contributed by atoms with van der Waals surface area (Å²) in [5.41, 5.74) is 2.15. The zero-order valence-corrected chi connectivity index (χ0v) is 13.2. The number of anilines is 1. The van der Waals surface area contributed by atoms with E-state index < -0.39 is 0 Å². The number of rotatable bonds is 3. The molecule has 0 fully saturated rings. The van der Waals surface area contributed by atoms with E-state index in [4.69, 9.17) is 11.6 Å². The molecule has 0 saturated heterocycles. The molecule has 0 spiro atoms. The first-order chi connectivity index (χ1) is 11.0. The first-order valence-corrected chi connectivity index (χ1v) is 7.49. The van der Waals surface area contributed by atoms with Crippen LogP contribution in [0.25, 0.3) is 10.8 Å². The molecule has 1 amide bonds. The van der Waals surface area contributed by atoms with Crippen LogP contribution in [0.5, 0.6) is 0 Å². The van der Waals surface area contributed by atoms with Crippen molar-refractivity contribution in [2.75, 3.05) is 5.32 Å². The number of carbonyl (C=O) groups is 1. The quantitative estimate of drug-likeness (QED) is 0.768. The molecule has 1 aromatic heterocycles. The molecule has 0 unspecified atom stereocenters. The summed E-state index contributed by atoms with van der Waals surface area (Å²) in [7, 11) is 0. The van der Waals surface area contributed by atoms with E-state index in [1.807, 2.05) is 6.07 Å². The van der Waals surface area contributed by atoms with Gasteiger partial charge in [-0.15, -0.1) is 0 Å². The Balaban J connectivity index is 1.88. The summed E-state index contributed by atoms with van der Waals surface area (Å²) in [6.45, 7) is 1.80. The van der Waals surface area contributed by atoms with Gasteiger partial charge in [0.15, 0.2) is 0 Å². The maximum Gasteiger partial charge on any atom is 0.228 e. The van der Waals surface area contributed by atoms with E-state index in [0.29, 0.717) is 16.1 Å². The molecule has 1 heterocycles. The van der Waals surface area contributed by atoms with Crippen molar-refractivity contribution in [1.29, 1.82) is 0 Å². The van der Waals surface area contributed by atoms with E-state index in [9.17, 15) is 9.18 Å². The van der Waals surface area contributed by atoms with Crippen LogP contribution in [0, 0.1) is 12.7 Å². The Morgan fingerprint density at radius 1 is 1.26 bits per heavy atom. The zero-order chi connectivity index (χ0) is 16.4. The fourth-order valence-corrected chi connectivity index (χ4v) is 2.83. The summed E-state index contributed by atoms with van der Waals surface area (Å²) < 4.78 is 13.5. The molecule has 3 aromatic rings. The largest absolute Gasteiger partial charge is 0.324 e. The fraction of sp³-hybridized carbons (Fsp3) is 0.111. The fourth-order valence-electron chi connectivity index (χ4n) is 2.62. The molecule has 0 saturated carbocycles. The van der Waals surface area contributed by atoms with E-state index >= 15 is 0 Å². The smallest absolute Gasteiger partial charge is 0.228 e. The molecule has 116 valence electrons. The number of nitrogens with one attached hydrogen (secondary N) is 1. The highest BCUT2D eigenvalue weighted by Gasteiger charge is 2.10. The van der Waals surface area contributed by atoms with Gasteiger partial charge in [-0.2, -0.15) is 0 Å². The van der Waals surface area contributed by atoms with E-state index in [2.05, 4.69) is 10.3 Å². The van der Waals surface area contributed by atoms with Gasteiger partial charge in [-0.25, -0.2) is 4.39 Å². The van der Waals surface area contributed by atoms with Gasteiger partial charge in [-0.1, -0.05) is 23.7 Å². The molecule has 23 heavy (non-hydrogen) atoms. The number of aromatic nitrogens is 1. The summed E-state index contributed by atoms with van der Waals surface area (Å²) in [5, 5.41) is 4.89. The molecule has 5 heteroatoms. The number of benzene rings is 2. The lowest BCUT2D eigenvalue weighted by Gasteiger charge is -2.11. The predicted molar refractivity (Wildman–Crippen MR) is 90.2 cm³/mol. The minimum Gasteiger partial charge on any atom is -0.324 e. The molecular formula is C18H14ClFN2O. The second kappa shape index (κ2) is 6.34. The summed E-state index contributed by atoms with van der Waals surface area (Å²) >= 11 is 5.92. The van der Waals surface area contributed by atoms with Crippen molar-refractivity contribution >= 4 is 34.0 Å².